The van der Waals surface area contributed by atoms with Crippen LogP contribution in [0.3, 0.4) is 0 Å². The van der Waals surface area contributed by atoms with Gasteiger partial charge in [0.15, 0.2) is 0 Å². The lowest BCUT2D eigenvalue weighted by Crippen LogP contribution is -2.66. The summed E-state index contributed by atoms with van der Waals surface area (Å²) in [5.41, 5.74) is 0.237. The van der Waals surface area contributed by atoms with E-state index in [1.54, 1.807) is 0 Å². The van der Waals surface area contributed by atoms with Crippen molar-refractivity contribution < 1.29 is 9.84 Å². The maximum atomic E-state index is 10.0. The quantitative estimate of drug-likeness (QED) is 0.760. The number of hydrogen-bond donors (Lipinski definition) is 1. The fourth-order valence-electron chi connectivity index (χ4n) is 4.58. The average Bonchev–Trinajstić information content (AvgIpc) is 2.60. The molecule has 0 unspecified atom stereocenters. The molecule has 0 spiro atoms. The van der Waals surface area contributed by atoms with Crippen LogP contribution < -0.4 is 0 Å². The largest absolute Gasteiger partial charge is 0.396 e. The van der Waals surface area contributed by atoms with Gasteiger partial charge in [-0.3, -0.25) is 0 Å². The number of rotatable bonds is 2. The van der Waals surface area contributed by atoms with Crippen LogP contribution in [-0.4, -0.2) is 49.0 Å². The molecule has 3 aliphatic rings. The molecule has 1 saturated heterocycles. The number of nitrogens with zero attached hydrogens (tertiary/aromatic N) is 1. The molecule has 3 nitrogen and oxygen atoms in total. The SMILES string of the molecule is CCN1C[C@]2(CO)CCC[C@]3(CC=CCO[C@H]23)C1. The Morgan fingerprint density at radius 1 is 1.33 bits per heavy atom. The van der Waals surface area contributed by atoms with Crippen molar-refractivity contribution >= 4 is 0 Å². The maximum Gasteiger partial charge on any atom is 0.0741 e. The number of ether oxygens (including phenoxy) is 1. The molecule has 18 heavy (non-hydrogen) atoms. The van der Waals surface area contributed by atoms with Crippen LogP contribution in [0.5, 0.6) is 0 Å². The van der Waals surface area contributed by atoms with Gasteiger partial charge in [-0.2, -0.15) is 0 Å². The van der Waals surface area contributed by atoms with Crippen LogP contribution in [-0.2, 0) is 4.74 Å². The van der Waals surface area contributed by atoms with Crippen molar-refractivity contribution in [3.8, 4) is 0 Å². The first kappa shape index (κ1) is 12.6. The molecule has 1 N–H and O–H groups in total. The molecule has 0 aromatic carbocycles. The summed E-state index contributed by atoms with van der Waals surface area (Å²) in [4.78, 5) is 2.52. The lowest BCUT2D eigenvalue weighted by atomic mass is 9.56. The van der Waals surface area contributed by atoms with Crippen LogP contribution in [0.15, 0.2) is 12.2 Å². The second kappa shape index (κ2) is 4.62. The zero-order valence-corrected chi connectivity index (χ0v) is 11.4. The van der Waals surface area contributed by atoms with Crippen LogP contribution in [0.25, 0.3) is 0 Å². The molecule has 2 bridgehead atoms. The van der Waals surface area contributed by atoms with E-state index < -0.39 is 0 Å². The minimum Gasteiger partial charge on any atom is -0.396 e. The summed E-state index contributed by atoms with van der Waals surface area (Å²) in [6.45, 7) is 6.45. The number of hydrogen-bond acceptors (Lipinski definition) is 3. The standard InChI is InChI=1S/C15H25NO2/c1-2-16-10-14-6-3-4-9-18-13(14)15(11-16,12-17)8-5-7-14/h3-4,13,17H,2,5-12H2,1H3/t13-,14+,15-/m0/s1. The molecule has 0 radical (unpaired) electrons. The first-order valence-corrected chi connectivity index (χ1v) is 7.34. The molecule has 0 aromatic heterocycles. The Balaban J connectivity index is 1.98. The number of allylic oxidation sites excluding steroid dienone is 1. The third kappa shape index (κ3) is 1.75. The van der Waals surface area contributed by atoms with E-state index >= 15 is 0 Å². The molecular formula is C15H25NO2. The Bertz CT molecular complexity index is 343. The Labute approximate surface area is 110 Å². The fraction of sp³-hybridized carbons (Fsp3) is 0.867. The van der Waals surface area contributed by atoms with Gasteiger partial charge in [0, 0.05) is 23.9 Å². The summed E-state index contributed by atoms with van der Waals surface area (Å²) in [5, 5.41) is 10.0. The van der Waals surface area contributed by atoms with Crippen molar-refractivity contribution in [1.29, 1.82) is 0 Å². The van der Waals surface area contributed by atoms with Crippen LogP contribution >= 0.6 is 0 Å². The van der Waals surface area contributed by atoms with E-state index in [0.717, 1.165) is 39.1 Å². The lowest BCUT2D eigenvalue weighted by molar-refractivity contribution is -0.197. The smallest absolute Gasteiger partial charge is 0.0741 e. The van der Waals surface area contributed by atoms with Gasteiger partial charge in [0.1, 0.15) is 0 Å². The van der Waals surface area contributed by atoms with Crippen LogP contribution in [0.1, 0.15) is 32.6 Å². The van der Waals surface area contributed by atoms with E-state index in [2.05, 4.69) is 24.0 Å². The fourth-order valence-corrected chi connectivity index (χ4v) is 4.58. The van der Waals surface area contributed by atoms with Gasteiger partial charge in [0.2, 0.25) is 0 Å². The number of piperidine rings is 1. The first-order valence-electron chi connectivity index (χ1n) is 7.34. The van der Waals surface area contributed by atoms with Gasteiger partial charge in [0.25, 0.3) is 0 Å². The van der Waals surface area contributed by atoms with Gasteiger partial charge in [0.05, 0.1) is 19.3 Å². The molecule has 102 valence electrons. The van der Waals surface area contributed by atoms with E-state index in [1.165, 1.54) is 12.8 Å². The first-order chi connectivity index (χ1) is 8.75. The van der Waals surface area contributed by atoms with Crippen molar-refractivity contribution in [3.05, 3.63) is 12.2 Å². The molecule has 2 heterocycles. The zero-order chi connectivity index (χ0) is 12.6. The zero-order valence-electron chi connectivity index (χ0n) is 11.4. The topological polar surface area (TPSA) is 32.7 Å². The molecule has 3 rings (SSSR count). The molecule has 1 saturated carbocycles. The van der Waals surface area contributed by atoms with Crippen molar-refractivity contribution in [2.24, 2.45) is 10.8 Å². The van der Waals surface area contributed by atoms with E-state index in [-0.39, 0.29) is 23.5 Å². The van der Waals surface area contributed by atoms with Gasteiger partial charge in [-0.15, -0.1) is 0 Å². The molecule has 0 amide bonds. The summed E-state index contributed by atoms with van der Waals surface area (Å²) in [6, 6.07) is 0. The van der Waals surface area contributed by atoms with Gasteiger partial charge in [-0.25, -0.2) is 0 Å². The minimum atomic E-state index is -0.0153. The molecule has 3 heteroatoms. The predicted octanol–water partition coefficient (Wildman–Crippen LogP) is 1.82. The monoisotopic (exact) mass is 251 g/mol. The summed E-state index contributed by atoms with van der Waals surface area (Å²) < 4.78 is 6.18. The highest BCUT2D eigenvalue weighted by atomic mass is 16.5. The second-order valence-electron chi connectivity index (χ2n) is 6.43. The molecule has 0 aromatic rings. The Morgan fingerprint density at radius 3 is 3.00 bits per heavy atom. The highest BCUT2D eigenvalue weighted by molar-refractivity contribution is 5.12. The predicted molar refractivity (Wildman–Crippen MR) is 71.4 cm³/mol. The summed E-state index contributed by atoms with van der Waals surface area (Å²) in [7, 11) is 0. The van der Waals surface area contributed by atoms with Crippen molar-refractivity contribution in [2.45, 2.75) is 38.7 Å². The molecule has 1 aliphatic carbocycles. The number of aliphatic hydroxyl groups is 1. The van der Waals surface area contributed by atoms with E-state index in [1.807, 2.05) is 0 Å². The summed E-state index contributed by atoms with van der Waals surface area (Å²) >= 11 is 0. The van der Waals surface area contributed by atoms with Crippen LogP contribution in [0.2, 0.25) is 0 Å². The molecular weight excluding hydrogens is 226 g/mol. The highest BCUT2D eigenvalue weighted by Crippen LogP contribution is 2.54. The van der Waals surface area contributed by atoms with Gasteiger partial charge >= 0.3 is 0 Å². The third-order valence-corrected chi connectivity index (χ3v) is 5.35. The van der Waals surface area contributed by atoms with Gasteiger partial charge in [-0.05, 0) is 25.8 Å². The maximum absolute atomic E-state index is 10.0. The van der Waals surface area contributed by atoms with Crippen molar-refractivity contribution in [2.75, 3.05) is 32.8 Å². The lowest BCUT2D eigenvalue weighted by Gasteiger charge is -2.60. The molecule has 3 atom stereocenters. The Kier molecular flexibility index (Phi) is 3.25. The molecule has 2 aliphatic heterocycles. The minimum absolute atomic E-state index is 0.0153. The van der Waals surface area contributed by atoms with Crippen molar-refractivity contribution in [3.63, 3.8) is 0 Å². The Hall–Kier alpha value is -0.380. The third-order valence-electron chi connectivity index (χ3n) is 5.35. The highest BCUT2D eigenvalue weighted by Gasteiger charge is 2.58. The second-order valence-corrected chi connectivity index (χ2v) is 6.43. The summed E-state index contributed by atoms with van der Waals surface area (Å²) in [5.74, 6) is 0. The van der Waals surface area contributed by atoms with E-state index in [0.29, 0.717) is 0 Å². The number of likely N-dealkylation sites (tertiary alicyclic amines) is 1. The van der Waals surface area contributed by atoms with Crippen molar-refractivity contribution in [1.82, 2.24) is 4.90 Å². The summed E-state index contributed by atoms with van der Waals surface area (Å²) in [6.07, 6.45) is 9.44. The normalized spacial score (nSPS) is 44.4. The van der Waals surface area contributed by atoms with Gasteiger partial charge < -0.3 is 14.7 Å². The average molecular weight is 251 g/mol. The van der Waals surface area contributed by atoms with Gasteiger partial charge in [-0.1, -0.05) is 25.5 Å². The number of aliphatic hydroxyl groups excluding tert-OH is 1. The van der Waals surface area contributed by atoms with Crippen LogP contribution in [0.4, 0.5) is 0 Å². The van der Waals surface area contributed by atoms with E-state index in [9.17, 15) is 5.11 Å². The Morgan fingerprint density at radius 2 is 2.22 bits per heavy atom. The van der Waals surface area contributed by atoms with E-state index in [4.69, 9.17) is 4.74 Å². The van der Waals surface area contributed by atoms with Crippen LogP contribution in [0, 0.1) is 10.8 Å². The molecule has 2 fully saturated rings.